The van der Waals surface area contributed by atoms with E-state index < -0.39 is 0 Å². The van der Waals surface area contributed by atoms with E-state index in [0.717, 1.165) is 25.3 Å². The molecule has 0 aromatic carbocycles. The Morgan fingerprint density at radius 1 is 1.60 bits per heavy atom. The van der Waals surface area contributed by atoms with Gasteiger partial charge in [0.25, 0.3) is 0 Å². The predicted molar refractivity (Wildman–Crippen MR) is 81.8 cm³/mol. The normalized spacial score (nSPS) is 21.5. The monoisotopic (exact) mass is 283 g/mol. The molecule has 116 valence electrons. The quantitative estimate of drug-likeness (QED) is 0.699. The lowest BCUT2D eigenvalue weighted by Crippen LogP contribution is -2.50. The van der Waals surface area contributed by atoms with E-state index in [-0.39, 0.29) is 18.1 Å². The fourth-order valence-corrected chi connectivity index (χ4v) is 2.33. The van der Waals surface area contributed by atoms with Crippen molar-refractivity contribution < 1.29 is 9.53 Å². The number of carbonyl (C=O) groups is 1. The molecule has 0 radical (unpaired) electrons. The Labute approximate surface area is 122 Å². The minimum absolute atomic E-state index is 0.125. The van der Waals surface area contributed by atoms with Crippen molar-refractivity contribution in [2.45, 2.75) is 32.9 Å². The summed E-state index contributed by atoms with van der Waals surface area (Å²) in [7, 11) is 2.09. The van der Waals surface area contributed by atoms with Crippen molar-refractivity contribution in [2.24, 2.45) is 0 Å². The molecule has 1 fully saturated rings. The first-order chi connectivity index (χ1) is 9.43. The number of hydrogen-bond acceptors (Lipinski definition) is 4. The average Bonchev–Trinajstić information content (AvgIpc) is 2.41. The van der Waals surface area contributed by atoms with Gasteiger partial charge < -0.3 is 19.9 Å². The smallest absolute Gasteiger partial charge is 0.239 e. The molecule has 1 amide bonds. The fraction of sp³-hybridized carbons (Fsp3) is 0.800. The largest absolute Gasteiger partial charge is 0.374 e. The minimum atomic E-state index is -0.190. The fourth-order valence-electron chi connectivity index (χ4n) is 2.33. The van der Waals surface area contributed by atoms with Crippen molar-refractivity contribution in [1.82, 2.24) is 15.1 Å². The van der Waals surface area contributed by atoms with Gasteiger partial charge in [0.05, 0.1) is 18.8 Å². The van der Waals surface area contributed by atoms with Crippen LogP contribution in [0.2, 0.25) is 0 Å². The van der Waals surface area contributed by atoms with Crippen molar-refractivity contribution in [2.75, 3.05) is 46.4 Å². The van der Waals surface area contributed by atoms with E-state index in [9.17, 15) is 4.79 Å². The standard InChI is InChI=1S/C15H29N3O2/c1-6-18(10-12(2)3)15(19)13(4)16-9-14-11-17(5)7-8-20-14/h13-14,16H,2,6-11H2,1,3-5H3/t13-,14+/m0/s1. The number of morpholine rings is 1. The summed E-state index contributed by atoms with van der Waals surface area (Å²) in [6.07, 6.45) is 0.167. The van der Waals surface area contributed by atoms with Crippen molar-refractivity contribution in [3.63, 3.8) is 0 Å². The summed E-state index contributed by atoms with van der Waals surface area (Å²) in [6, 6.07) is -0.190. The highest BCUT2D eigenvalue weighted by Gasteiger charge is 2.22. The molecule has 5 heteroatoms. The molecule has 0 aromatic heterocycles. The molecule has 1 heterocycles. The highest BCUT2D eigenvalue weighted by atomic mass is 16.5. The maximum absolute atomic E-state index is 12.3. The molecule has 0 saturated carbocycles. The molecule has 0 unspecified atom stereocenters. The van der Waals surface area contributed by atoms with Crippen LogP contribution in [-0.4, -0.2) is 74.2 Å². The van der Waals surface area contributed by atoms with Gasteiger partial charge in [-0.25, -0.2) is 0 Å². The highest BCUT2D eigenvalue weighted by Crippen LogP contribution is 2.04. The summed E-state index contributed by atoms with van der Waals surface area (Å²) < 4.78 is 5.69. The Balaban J connectivity index is 2.38. The number of likely N-dealkylation sites (N-methyl/N-ethyl adjacent to an activating group) is 2. The third-order valence-corrected chi connectivity index (χ3v) is 3.52. The predicted octanol–water partition coefficient (Wildman–Crippen LogP) is 0.720. The van der Waals surface area contributed by atoms with Crippen LogP contribution in [0.25, 0.3) is 0 Å². The number of ether oxygens (including phenoxy) is 1. The molecule has 0 aliphatic carbocycles. The van der Waals surface area contributed by atoms with Crippen molar-refractivity contribution in [3.05, 3.63) is 12.2 Å². The Kier molecular flexibility index (Phi) is 7.19. The molecule has 2 atom stereocenters. The molecule has 0 spiro atoms. The lowest BCUT2D eigenvalue weighted by Gasteiger charge is -2.31. The van der Waals surface area contributed by atoms with Gasteiger partial charge in [-0.1, -0.05) is 12.2 Å². The molecule has 0 aromatic rings. The van der Waals surface area contributed by atoms with E-state index in [0.29, 0.717) is 19.6 Å². The molecule has 1 aliphatic rings. The Morgan fingerprint density at radius 3 is 2.85 bits per heavy atom. The van der Waals surface area contributed by atoms with Gasteiger partial charge in [-0.3, -0.25) is 4.79 Å². The van der Waals surface area contributed by atoms with Gasteiger partial charge in [0.15, 0.2) is 0 Å². The topological polar surface area (TPSA) is 44.8 Å². The SMILES string of the molecule is C=C(C)CN(CC)C(=O)[C@H](C)NC[C@@H]1CN(C)CCO1. The zero-order chi connectivity index (χ0) is 15.1. The van der Waals surface area contributed by atoms with Crippen molar-refractivity contribution >= 4 is 5.91 Å². The molecule has 1 aliphatic heterocycles. The molecule has 1 rings (SSSR count). The number of nitrogens with zero attached hydrogens (tertiary/aromatic N) is 2. The molecule has 5 nitrogen and oxygen atoms in total. The third-order valence-electron chi connectivity index (χ3n) is 3.52. The molecule has 0 bridgehead atoms. The summed E-state index contributed by atoms with van der Waals surface area (Å²) in [4.78, 5) is 16.4. The van der Waals surface area contributed by atoms with Crippen LogP contribution in [0.5, 0.6) is 0 Å². The zero-order valence-corrected chi connectivity index (χ0v) is 13.3. The summed E-state index contributed by atoms with van der Waals surface area (Å²) in [5.41, 5.74) is 1.00. The first-order valence-corrected chi connectivity index (χ1v) is 7.40. The third kappa shape index (κ3) is 5.61. The van der Waals surface area contributed by atoms with Crippen LogP contribution in [0.1, 0.15) is 20.8 Å². The second-order valence-electron chi connectivity index (χ2n) is 5.69. The van der Waals surface area contributed by atoms with Gasteiger partial charge in [0.1, 0.15) is 0 Å². The van der Waals surface area contributed by atoms with E-state index >= 15 is 0 Å². The van der Waals surface area contributed by atoms with E-state index in [1.54, 1.807) is 0 Å². The van der Waals surface area contributed by atoms with Crippen LogP contribution >= 0.6 is 0 Å². The maximum Gasteiger partial charge on any atom is 0.239 e. The van der Waals surface area contributed by atoms with Crippen LogP contribution in [0.15, 0.2) is 12.2 Å². The van der Waals surface area contributed by atoms with Gasteiger partial charge in [0.2, 0.25) is 5.91 Å². The second kappa shape index (κ2) is 8.39. The van der Waals surface area contributed by atoms with E-state index in [1.807, 2.05) is 25.7 Å². The number of nitrogens with one attached hydrogen (secondary N) is 1. The molecular weight excluding hydrogens is 254 g/mol. The van der Waals surface area contributed by atoms with Crippen LogP contribution < -0.4 is 5.32 Å². The summed E-state index contributed by atoms with van der Waals surface area (Å²) >= 11 is 0. The summed E-state index contributed by atoms with van der Waals surface area (Å²) in [5, 5.41) is 3.29. The molecule has 1 saturated heterocycles. The zero-order valence-electron chi connectivity index (χ0n) is 13.3. The first-order valence-electron chi connectivity index (χ1n) is 7.40. The Morgan fingerprint density at radius 2 is 2.30 bits per heavy atom. The minimum Gasteiger partial charge on any atom is -0.374 e. The van der Waals surface area contributed by atoms with Crippen molar-refractivity contribution in [1.29, 1.82) is 0 Å². The molecule has 20 heavy (non-hydrogen) atoms. The average molecular weight is 283 g/mol. The second-order valence-corrected chi connectivity index (χ2v) is 5.69. The number of hydrogen-bond donors (Lipinski definition) is 1. The van der Waals surface area contributed by atoms with E-state index in [2.05, 4.69) is 23.8 Å². The molecule has 1 N–H and O–H groups in total. The van der Waals surface area contributed by atoms with E-state index in [1.165, 1.54) is 0 Å². The Hall–Kier alpha value is -0.910. The van der Waals surface area contributed by atoms with Gasteiger partial charge in [-0.2, -0.15) is 0 Å². The summed E-state index contributed by atoms with van der Waals surface area (Å²) in [5.74, 6) is 0.125. The number of amides is 1. The van der Waals surface area contributed by atoms with Gasteiger partial charge in [-0.05, 0) is 27.8 Å². The van der Waals surface area contributed by atoms with Gasteiger partial charge in [0, 0.05) is 32.7 Å². The van der Waals surface area contributed by atoms with E-state index in [4.69, 9.17) is 4.74 Å². The van der Waals surface area contributed by atoms with Crippen LogP contribution in [0, 0.1) is 0 Å². The van der Waals surface area contributed by atoms with Crippen LogP contribution in [0.4, 0.5) is 0 Å². The Bertz CT molecular complexity index is 333. The molecular formula is C15H29N3O2. The van der Waals surface area contributed by atoms with Crippen molar-refractivity contribution in [3.8, 4) is 0 Å². The lowest BCUT2D eigenvalue weighted by molar-refractivity contribution is -0.132. The van der Waals surface area contributed by atoms with Crippen LogP contribution in [-0.2, 0) is 9.53 Å². The number of rotatable bonds is 7. The summed E-state index contributed by atoms with van der Waals surface area (Å²) in [6.45, 7) is 14.4. The van der Waals surface area contributed by atoms with Gasteiger partial charge in [-0.15, -0.1) is 0 Å². The first kappa shape index (κ1) is 17.1. The van der Waals surface area contributed by atoms with Gasteiger partial charge >= 0.3 is 0 Å². The van der Waals surface area contributed by atoms with Crippen LogP contribution in [0.3, 0.4) is 0 Å². The highest BCUT2D eigenvalue weighted by molar-refractivity contribution is 5.81. The number of carbonyl (C=O) groups excluding carboxylic acids is 1. The maximum atomic E-state index is 12.3. The lowest BCUT2D eigenvalue weighted by atomic mass is 10.2.